The molecule has 0 saturated heterocycles. The molecule has 1 heterocycles. The number of benzene rings is 1. The number of carboxylic acids is 1. The van der Waals surface area contributed by atoms with Crippen LogP contribution in [0.3, 0.4) is 0 Å². The lowest BCUT2D eigenvalue weighted by molar-refractivity contribution is -0.138. The number of hydrogen-bond donors (Lipinski definition) is 1. The van der Waals surface area contributed by atoms with E-state index >= 15 is 0 Å². The van der Waals surface area contributed by atoms with Gasteiger partial charge in [0.25, 0.3) is 0 Å². The Morgan fingerprint density at radius 2 is 2.00 bits per heavy atom. The molecule has 1 aromatic heterocycles. The molecule has 0 radical (unpaired) electrons. The summed E-state index contributed by atoms with van der Waals surface area (Å²) in [6.45, 7) is 0. The second-order valence-electron chi connectivity index (χ2n) is 4.01. The fraction of sp³-hybridized carbons (Fsp3) is 0.143. The SMILES string of the molecule is O=C(O)C(Cc1cccc(Br)c1)c1ccncc1. The van der Waals surface area contributed by atoms with Gasteiger partial charge < -0.3 is 5.11 Å². The molecule has 1 aromatic carbocycles. The van der Waals surface area contributed by atoms with Crippen LogP contribution >= 0.6 is 15.9 Å². The number of hydrogen-bond acceptors (Lipinski definition) is 2. The maximum atomic E-state index is 11.4. The molecule has 1 atom stereocenters. The van der Waals surface area contributed by atoms with Crippen LogP contribution in [-0.2, 0) is 11.2 Å². The Bertz CT molecular complexity index is 543. The topological polar surface area (TPSA) is 50.2 Å². The number of pyridine rings is 1. The zero-order valence-electron chi connectivity index (χ0n) is 9.58. The highest BCUT2D eigenvalue weighted by molar-refractivity contribution is 9.10. The van der Waals surface area contributed by atoms with Crippen molar-refractivity contribution in [3.8, 4) is 0 Å². The smallest absolute Gasteiger partial charge is 0.311 e. The first-order chi connectivity index (χ1) is 8.66. The van der Waals surface area contributed by atoms with E-state index in [0.29, 0.717) is 6.42 Å². The van der Waals surface area contributed by atoms with E-state index < -0.39 is 11.9 Å². The maximum Gasteiger partial charge on any atom is 0.311 e. The lowest BCUT2D eigenvalue weighted by Gasteiger charge is -2.12. The summed E-state index contributed by atoms with van der Waals surface area (Å²) in [5.41, 5.74) is 1.77. The Morgan fingerprint density at radius 3 is 2.61 bits per heavy atom. The van der Waals surface area contributed by atoms with Crippen LogP contribution in [0.4, 0.5) is 0 Å². The van der Waals surface area contributed by atoms with Gasteiger partial charge in [-0.2, -0.15) is 0 Å². The summed E-state index contributed by atoms with van der Waals surface area (Å²) in [6, 6.07) is 11.2. The summed E-state index contributed by atoms with van der Waals surface area (Å²) >= 11 is 3.39. The van der Waals surface area contributed by atoms with Gasteiger partial charge in [-0.15, -0.1) is 0 Å². The van der Waals surface area contributed by atoms with Crippen LogP contribution in [0.5, 0.6) is 0 Å². The van der Waals surface area contributed by atoms with E-state index in [-0.39, 0.29) is 0 Å². The minimum absolute atomic E-state index is 0.471. The molecule has 0 fully saturated rings. The van der Waals surface area contributed by atoms with Crippen molar-refractivity contribution in [3.05, 3.63) is 64.4 Å². The van der Waals surface area contributed by atoms with E-state index in [4.69, 9.17) is 0 Å². The monoisotopic (exact) mass is 305 g/mol. The summed E-state index contributed by atoms with van der Waals surface area (Å²) in [7, 11) is 0. The van der Waals surface area contributed by atoms with Gasteiger partial charge in [-0.1, -0.05) is 28.1 Å². The Hall–Kier alpha value is -1.68. The van der Waals surface area contributed by atoms with E-state index in [1.807, 2.05) is 24.3 Å². The summed E-state index contributed by atoms with van der Waals surface area (Å²) in [5, 5.41) is 9.33. The minimum atomic E-state index is -0.818. The molecule has 0 spiro atoms. The first-order valence-electron chi connectivity index (χ1n) is 5.54. The van der Waals surface area contributed by atoms with Crippen molar-refractivity contribution < 1.29 is 9.90 Å². The van der Waals surface area contributed by atoms with Crippen LogP contribution in [0.1, 0.15) is 17.0 Å². The molecule has 2 rings (SSSR count). The predicted octanol–water partition coefficient (Wildman–Crippen LogP) is 3.26. The molecular formula is C14H12BrNO2. The predicted molar refractivity (Wildman–Crippen MR) is 72.5 cm³/mol. The van der Waals surface area contributed by atoms with Gasteiger partial charge in [0.2, 0.25) is 0 Å². The molecule has 0 amide bonds. The van der Waals surface area contributed by atoms with E-state index in [1.54, 1.807) is 24.5 Å². The van der Waals surface area contributed by atoms with E-state index in [2.05, 4.69) is 20.9 Å². The maximum absolute atomic E-state index is 11.4. The van der Waals surface area contributed by atoms with Crippen LogP contribution in [-0.4, -0.2) is 16.1 Å². The number of nitrogens with zero attached hydrogens (tertiary/aromatic N) is 1. The second-order valence-corrected chi connectivity index (χ2v) is 4.92. The van der Waals surface area contributed by atoms with Crippen LogP contribution in [0.2, 0.25) is 0 Å². The fourth-order valence-corrected chi connectivity index (χ4v) is 2.29. The van der Waals surface area contributed by atoms with Crippen molar-refractivity contribution in [3.63, 3.8) is 0 Å². The van der Waals surface area contributed by atoms with Gasteiger partial charge in [0.05, 0.1) is 5.92 Å². The van der Waals surface area contributed by atoms with Gasteiger partial charge in [-0.05, 0) is 41.8 Å². The summed E-state index contributed by atoms with van der Waals surface area (Å²) < 4.78 is 0.957. The average Bonchev–Trinajstić information content (AvgIpc) is 2.37. The number of aliphatic carboxylic acids is 1. The van der Waals surface area contributed by atoms with Crippen molar-refractivity contribution in [1.29, 1.82) is 0 Å². The molecule has 0 aliphatic heterocycles. The third-order valence-electron chi connectivity index (χ3n) is 2.74. The normalized spacial score (nSPS) is 12.1. The third-order valence-corrected chi connectivity index (χ3v) is 3.23. The van der Waals surface area contributed by atoms with Crippen molar-refractivity contribution >= 4 is 21.9 Å². The zero-order valence-corrected chi connectivity index (χ0v) is 11.2. The van der Waals surface area contributed by atoms with Crippen LogP contribution < -0.4 is 0 Å². The molecule has 2 aromatic rings. The summed E-state index contributed by atoms with van der Waals surface area (Å²) in [4.78, 5) is 15.3. The Morgan fingerprint density at radius 1 is 1.28 bits per heavy atom. The van der Waals surface area contributed by atoms with Gasteiger partial charge in [0.15, 0.2) is 0 Å². The Labute approximate surface area is 114 Å². The van der Waals surface area contributed by atoms with Crippen molar-refractivity contribution in [2.75, 3.05) is 0 Å². The molecule has 4 heteroatoms. The van der Waals surface area contributed by atoms with Crippen LogP contribution in [0.25, 0.3) is 0 Å². The van der Waals surface area contributed by atoms with E-state index in [0.717, 1.165) is 15.6 Å². The fourth-order valence-electron chi connectivity index (χ4n) is 1.84. The summed E-state index contributed by atoms with van der Waals surface area (Å²) in [6.07, 6.45) is 3.71. The summed E-state index contributed by atoms with van der Waals surface area (Å²) in [5.74, 6) is -1.36. The van der Waals surface area contributed by atoms with E-state index in [9.17, 15) is 9.90 Å². The van der Waals surface area contributed by atoms with Crippen molar-refractivity contribution in [2.45, 2.75) is 12.3 Å². The standard InChI is InChI=1S/C14H12BrNO2/c15-12-3-1-2-10(8-12)9-13(14(17)18)11-4-6-16-7-5-11/h1-8,13H,9H2,(H,17,18). The number of carboxylic acid groups (broad SMARTS) is 1. The number of carbonyl (C=O) groups is 1. The quantitative estimate of drug-likeness (QED) is 0.943. The Balaban J connectivity index is 2.25. The molecule has 0 aliphatic carbocycles. The molecule has 0 bridgehead atoms. The van der Waals surface area contributed by atoms with Crippen LogP contribution in [0.15, 0.2) is 53.3 Å². The molecule has 3 nitrogen and oxygen atoms in total. The highest BCUT2D eigenvalue weighted by Gasteiger charge is 2.20. The molecule has 0 saturated carbocycles. The second kappa shape index (κ2) is 5.78. The molecule has 18 heavy (non-hydrogen) atoms. The van der Waals surface area contributed by atoms with Gasteiger partial charge in [-0.25, -0.2) is 0 Å². The average molecular weight is 306 g/mol. The molecule has 1 N–H and O–H groups in total. The molecular weight excluding hydrogens is 294 g/mol. The zero-order chi connectivity index (χ0) is 13.0. The number of aromatic nitrogens is 1. The van der Waals surface area contributed by atoms with Gasteiger partial charge in [0.1, 0.15) is 0 Å². The van der Waals surface area contributed by atoms with Gasteiger partial charge >= 0.3 is 5.97 Å². The third kappa shape index (κ3) is 3.17. The lowest BCUT2D eigenvalue weighted by atomic mass is 9.93. The van der Waals surface area contributed by atoms with Crippen LogP contribution in [0, 0.1) is 0 Å². The molecule has 92 valence electrons. The number of halogens is 1. The van der Waals surface area contributed by atoms with E-state index in [1.165, 1.54) is 0 Å². The highest BCUT2D eigenvalue weighted by Crippen LogP contribution is 2.22. The van der Waals surface area contributed by atoms with Crippen molar-refractivity contribution in [2.24, 2.45) is 0 Å². The first kappa shape index (κ1) is 12.8. The highest BCUT2D eigenvalue weighted by atomic mass is 79.9. The Kier molecular flexibility index (Phi) is 4.10. The largest absolute Gasteiger partial charge is 0.481 e. The number of rotatable bonds is 4. The van der Waals surface area contributed by atoms with Crippen molar-refractivity contribution in [1.82, 2.24) is 4.98 Å². The lowest BCUT2D eigenvalue weighted by Crippen LogP contribution is -2.14. The first-order valence-corrected chi connectivity index (χ1v) is 6.33. The molecule has 0 aliphatic rings. The molecule has 1 unspecified atom stereocenters. The van der Waals surface area contributed by atoms with Gasteiger partial charge in [-0.3, -0.25) is 9.78 Å². The van der Waals surface area contributed by atoms with Gasteiger partial charge in [0, 0.05) is 16.9 Å². The minimum Gasteiger partial charge on any atom is -0.481 e.